The lowest BCUT2D eigenvalue weighted by Gasteiger charge is -2.12. The second-order valence-corrected chi connectivity index (χ2v) is 13.0. The fourth-order valence-electron chi connectivity index (χ4n) is 7.90. The van der Waals surface area contributed by atoms with Gasteiger partial charge in [-0.1, -0.05) is 115 Å². The second kappa shape index (κ2) is 10.8. The summed E-state index contributed by atoms with van der Waals surface area (Å²) in [4.78, 5) is 10.2. The van der Waals surface area contributed by atoms with E-state index in [-0.39, 0.29) is 0 Å². The fourth-order valence-corrected chi connectivity index (χ4v) is 7.90. The Labute approximate surface area is 292 Å². The summed E-state index contributed by atoms with van der Waals surface area (Å²) < 4.78 is 11.1. The molecule has 0 saturated heterocycles. The first-order valence-corrected chi connectivity index (χ1v) is 17.2. The molecule has 11 rings (SSSR count). The lowest BCUT2D eigenvalue weighted by Crippen LogP contribution is -1.97. The summed E-state index contributed by atoms with van der Waals surface area (Å²) in [7, 11) is 0. The van der Waals surface area contributed by atoms with Crippen molar-refractivity contribution in [3.63, 3.8) is 0 Å². The van der Waals surface area contributed by atoms with E-state index in [1.54, 1.807) is 0 Å². The van der Waals surface area contributed by atoms with Crippen molar-refractivity contribution in [2.45, 2.75) is 0 Å². The van der Waals surface area contributed by atoms with Crippen LogP contribution in [0.5, 0.6) is 0 Å². The highest BCUT2D eigenvalue weighted by Gasteiger charge is 2.21. The Morgan fingerprint density at radius 3 is 1.65 bits per heavy atom. The Balaban J connectivity index is 1.19. The van der Waals surface area contributed by atoms with E-state index in [0.29, 0.717) is 11.5 Å². The van der Waals surface area contributed by atoms with Crippen LogP contribution in [0.3, 0.4) is 0 Å². The first-order valence-electron chi connectivity index (χ1n) is 17.2. The molecule has 0 N–H and O–H groups in total. The number of hydrogen-bond acceptors (Lipinski definition) is 3. The summed E-state index contributed by atoms with van der Waals surface area (Å²) in [5.41, 5.74) is 11.1. The molecule has 7 aromatic carbocycles. The lowest BCUT2D eigenvalue weighted by molar-refractivity contribution is 0.653. The number of fused-ring (bicyclic) bond motifs is 9. The molecule has 238 valence electrons. The van der Waals surface area contributed by atoms with Gasteiger partial charge >= 0.3 is 0 Å². The standard InChI is InChI=1S/C46H28N4O/c1-3-14-29(15-4-1)45-47-44(43-35-22-9-12-25-42(35)51-46(43)48-45)30-16-13-19-32(26-30)50-39-24-11-8-21-34(39)37-27-40-36(28-41(37)50)33-20-7-10-23-38(33)49(40)31-17-5-2-6-18-31/h1-28H. The van der Waals surface area contributed by atoms with Crippen LogP contribution in [-0.2, 0) is 0 Å². The van der Waals surface area contributed by atoms with Crippen LogP contribution in [0.1, 0.15) is 0 Å². The number of aromatic nitrogens is 4. The molecule has 0 spiro atoms. The third-order valence-electron chi connectivity index (χ3n) is 10.1. The zero-order valence-electron chi connectivity index (χ0n) is 27.4. The minimum Gasteiger partial charge on any atom is -0.438 e. The predicted molar refractivity (Wildman–Crippen MR) is 209 cm³/mol. The molecule has 0 aliphatic heterocycles. The zero-order valence-corrected chi connectivity index (χ0v) is 27.4. The van der Waals surface area contributed by atoms with Crippen molar-refractivity contribution in [3.05, 3.63) is 170 Å². The quantitative estimate of drug-likeness (QED) is 0.190. The monoisotopic (exact) mass is 652 g/mol. The van der Waals surface area contributed by atoms with E-state index in [1.165, 1.54) is 32.6 Å². The highest BCUT2D eigenvalue weighted by atomic mass is 16.3. The molecule has 0 radical (unpaired) electrons. The van der Waals surface area contributed by atoms with Gasteiger partial charge in [0, 0.05) is 49.4 Å². The molecule has 0 atom stereocenters. The van der Waals surface area contributed by atoms with Crippen molar-refractivity contribution in [3.8, 4) is 34.0 Å². The molecule has 0 saturated carbocycles. The van der Waals surface area contributed by atoms with Crippen LogP contribution in [0.2, 0.25) is 0 Å². The Morgan fingerprint density at radius 2 is 0.941 bits per heavy atom. The summed E-state index contributed by atoms with van der Waals surface area (Å²) in [6, 6.07) is 59.7. The van der Waals surface area contributed by atoms with Crippen molar-refractivity contribution in [2.24, 2.45) is 0 Å². The van der Waals surface area contributed by atoms with Crippen LogP contribution in [0, 0.1) is 0 Å². The van der Waals surface area contributed by atoms with Crippen molar-refractivity contribution in [1.29, 1.82) is 0 Å². The van der Waals surface area contributed by atoms with Crippen LogP contribution < -0.4 is 0 Å². The maximum absolute atomic E-state index is 6.35. The van der Waals surface area contributed by atoms with Gasteiger partial charge in [0.1, 0.15) is 5.58 Å². The summed E-state index contributed by atoms with van der Waals surface area (Å²) in [5.74, 6) is 0.636. The molecule has 51 heavy (non-hydrogen) atoms. The molecular formula is C46H28N4O. The number of furan rings is 1. The number of nitrogens with zero attached hydrogens (tertiary/aromatic N) is 4. The van der Waals surface area contributed by atoms with Gasteiger partial charge in [-0.25, -0.2) is 4.98 Å². The van der Waals surface area contributed by atoms with E-state index in [2.05, 4.69) is 130 Å². The molecule has 0 aliphatic rings. The van der Waals surface area contributed by atoms with E-state index in [9.17, 15) is 0 Å². The van der Waals surface area contributed by atoms with E-state index < -0.39 is 0 Å². The molecule has 0 aliphatic carbocycles. The summed E-state index contributed by atoms with van der Waals surface area (Å²) in [6.07, 6.45) is 0. The van der Waals surface area contributed by atoms with Crippen LogP contribution >= 0.6 is 0 Å². The topological polar surface area (TPSA) is 48.8 Å². The SMILES string of the molecule is c1ccc(-c2nc(-c3cccc(-n4c5ccccc5c5cc6c(cc54)c4ccccc4n6-c4ccccc4)c3)c3c(n2)oc2ccccc23)cc1. The Kier molecular flexibility index (Phi) is 5.89. The van der Waals surface area contributed by atoms with Crippen LogP contribution in [0.15, 0.2) is 174 Å². The number of para-hydroxylation sites is 4. The maximum Gasteiger partial charge on any atom is 0.231 e. The Bertz CT molecular complexity index is 3130. The smallest absolute Gasteiger partial charge is 0.231 e. The highest BCUT2D eigenvalue weighted by molar-refractivity contribution is 6.19. The van der Waals surface area contributed by atoms with Gasteiger partial charge in [0.25, 0.3) is 0 Å². The number of rotatable bonds is 4. The molecule has 5 heteroatoms. The maximum atomic E-state index is 6.35. The van der Waals surface area contributed by atoms with E-state index in [4.69, 9.17) is 14.4 Å². The van der Waals surface area contributed by atoms with Gasteiger partial charge in [0.15, 0.2) is 5.82 Å². The predicted octanol–water partition coefficient (Wildman–Crippen LogP) is 11.9. The highest BCUT2D eigenvalue weighted by Crippen LogP contribution is 2.41. The Hall–Kier alpha value is -6.98. The Morgan fingerprint density at radius 1 is 0.392 bits per heavy atom. The van der Waals surface area contributed by atoms with Gasteiger partial charge in [-0.3, -0.25) is 0 Å². The minimum atomic E-state index is 0.583. The average Bonchev–Trinajstić information content (AvgIpc) is 3.85. The molecular weight excluding hydrogens is 625 g/mol. The zero-order chi connectivity index (χ0) is 33.5. The molecule has 11 aromatic rings. The van der Waals surface area contributed by atoms with Gasteiger partial charge in [-0.2, -0.15) is 4.98 Å². The van der Waals surface area contributed by atoms with E-state index >= 15 is 0 Å². The van der Waals surface area contributed by atoms with Crippen LogP contribution in [-0.4, -0.2) is 19.1 Å². The van der Waals surface area contributed by atoms with Gasteiger partial charge < -0.3 is 13.6 Å². The van der Waals surface area contributed by atoms with Gasteiger partial charge in [-0.15, -0.1) is 0 Å². The summed E-state index contributed by atoms with van der Waals surface area (Å²) in [5, 5.41) is 6.78. The fraction of sp³-hybridized carbons (Fsp3) is 0. The minimum absolute atomic E-state index is 0.583. The van der Waals surface area contributed by atoms with Gasteiger partial charge in [0.2, 0.25) is 5.71 Å². The number of hydrogen-bond donors (Lipinski definition) is 0. The molecule has 0 amide bonds. The second-order valence-electron chi connectivity index (χ2n) is 13.0. The molecule has 0 unspecified atom stereocenters. The van der Waals surface area contributed by atoms with Crippen molar-refractivity contribution >= 4 is 65.7 Å². The molecule has 0 fully saturated rings. The molecule has 4 heterocycles. The molecule has 0 bridgehead atoms. The number of benzene rings is 7. The van der Waals surface area contributed by atoms with Crippen LogP contribution in [0.4, 0.5) is 0 Å². The van der Waals surface area contributed by atoms with Gasteiger partial charge in [-0.05, 0) is 54.6 Å². The van der Waals surface area contributed by atoms with E-state index in [1.807, 2.05) is 48.5 Å². The van der Waals surface area contributed by atoms with Crippen molar-refractivity contribution in [2.75, 3.05) is 0 Å². The first-order chi connectivity index (χ1) is 25.3. The molecule has 4 aromatic heterocycles. The van der Waals surface area contributed by atoms with Crippen LogP contribution in [0.25, 0.3) is 99.7 Å². The third-order valence-corrected chi connectivity index (χ3v) is 10.1. The summed E-state index contributed by atoms with van der Waals surface area (Å²) in [6.45, 7) is 0. The first kappa shape index (κ1) is 27.9. The van der Waals surface area contributed by atoms with E-state index in [0.717, 1.165) is 55.6 Å². The van der Waals surface area contributed by atoms with Crippen molar-refractivity contribution in [1.82, 2.24) is 19.1 Å². The average molecular weight is 653 g/mol. The van der Waals surface area contributed by atoms with Gasteiger partial charge in [0.05, 0.1) is 33.1 Å². The lowest BCUT2D eigenvalue weighted by atomic mass is 10.0. The molecule has 5 nitrogen and oxygen atoms in total. The van der Waals surface area contributed by atoms with Crippen molar-refractivity contribution < 1.29 is 4.42 Å². The largest absolute Gasteiger partial charge is 0.438 e. The summed E-state index contributed by atoms with van der Waals surface area (Å²) >= 11 is 0. The normalized spacial score (nSPS) is 11.9. The third kappa shape index (κ3) is 4.15.